The molecule has 0 radical (unpaired) electrons. The van der Waals surface area contributed by atoms with E-state index < -0.39 is 0 Å². The van der Waals surface area contributed by atoms with E-state index in [2.05, 4.69) is 4.98 Å². The van der Waals surface area contributed by atoms with Crippen LogP contribution in [0.15, 0.2) is 52.2 Å². The third kappa shape index (κ3) is 1.27. The van der Waals surface area contributed by atoms with Crippen LogP contribution in [0.3, 0.4) is 0 Å². The normalized spacial score (nSPS) is 11.2. The van der Waals surface area contributed by atoms with E-state index in [0.717, 1.165) is 16.4 Å². The lowest BCUT2D eigenvalue weighted by Gasteiger charge is -1.99. The number of hydrogen-bond donors (Lipinski definition) is 1. The third-order valence-electron chi connectivity index (χ3n) is 3.35. The minimum Gasteiger partial charge on any atom is -0.412 e. The number of hydrogen-bond acceptors (Lipinski definition) is 2. The van der Waals surface area contributed by atoms with Gasteiger partial charge in [0.1, 0.15) is 0 Å². The first-order chi connectivity index (χ1) is 8.77. The Labute approximate surface area is 106 Å². The molecular weight excluding hydrogens is 244 g/mol. The van der Waals surface area contributed by atoms with Gasteiger partial charge in [-0.2, -0.15) is 0 Å². The van der Waals surface area contributed by atoms with Gasteiger partial charge in [-0.1, -0.05) is 6.07 Å². The van der Waals surface area contributed by atoms with Crippen LogP contribution in [0.25, 0.3) is 27.3 Å². The van der Waals surface area contributed by atoms with Crippen molar-refractivity contribution in [1.82, 2.24) is 9.38 Å². The molecule has 5 nitrogen and oxygen atoms in total. The standard InChI is InChI=1S/C14H8N2O2.H2O/c17-11-3-1-2-10-13(11)8-6-7-15-9-4-5-12(18)16(10)14(8)9;/h1-7,15H;1H2. The predicted molar refractivity (Wildman–Crippen MR) is 74.1 cm³/mol. The molecular formula is C14H10N2O3. The first kappa shape index (κ1) is 11.4. The molecule has 0 saturated carbocycles. The zero-order valence-corrected chi connectivity index (χ0v) is 9.81. The quantitative estimate of drug-likeness (QED) is 0.505. The summed E-state index contributed by atoms with van der Waals surface area (Å²) in [7, 11) is 0. The highest BCUT2D eigenvalue weighted by Gasteiger charge is 2.14. The molecule has 4 aromatic rings. The van der Waals surface area contributed by atoms with E-state index in [1.165, 1.54) is 12.1 Å². The summed E-state index contributed by atoms with van der Waals surface area (Å²) < 4.78 is 1.60. The monoisotopic (exact) mass is 254 g/mol. The molecule has 0 aliphatic heterocycles. The van der Waals surface area contributed by atoms with Crippen LogP contribution < -0.4 is 11.0 Å². The van der Waals surface area contributed by atoms with Crippen LogP contribution in [0.4, 0.5) is 0 Å². The number of fused-ring (bicyclic) bond motifs is 3. The minimum absolute atomic E-state index is 0. The van der Waals surface area contributed by atoms with E-state index >= 15 is 0 Å². The van der Waals surface area contributed by atoms with Gasteiger partial charge in [0.05, 0.1) is 21.9 Å². The van der Waals surface area contributed by atoms with Crippen molar-refractivity contribution in [3.63, 3.8) is 0 Å². The maximum atomic E-state index is 12.0. The maximum Gasteiger partial charge on any atom is 0.255 e. The lowest BCUT2D eigenvalue weighted by atomic mass is 10.2. The van der Waals surface area contributed by atoms with Crippen molar-refractivity contribution in [1.29, 1.82) is 0 Å². The highest BCUT2D eigenvalue weighted by Crippen LogP contribution is 2.26. The van der Waals surface area contributed by atoms with Crippen molar-refractivity contribution in [3.05, 3.63) is 63.2 Å². The summed E-state index contributed by atoms with van der Waals surface area (Å²) in [5.74, 6) is 0. The SMILES string of the molecule is O.O=c1cccc2c1c1cc[nH]c3ccc(=O)n2c31. The molecule has 0 aliphatic rings. The van der Waals surface area contributed by atoms with Gasteiger partial charge in [0.25, 0.3) is 5.56 Å². The highest BCUT2D eigenvalue weighted by molar-refractivity contribution is 6.12. The molecule has 1 aromatic carbocycles. The van der Waals surface area contributed by atoms with E-state index in [1.54, 1.807) is 28.8 Å². The van der Waals surface area contributed by atoms with Gasteiger partial charge in [0, 0.05) is 17.6 Å². The van der Waals surface area contributed by atoms with Gasteiger partial charge in [-0.15, -0.1) is 0 Å². The zero-order chi connectivity index (χ0) is 12.3. The van der Waals surface area contributed by atoms with E-state index in [0.29, 0.717) is 10.9 Å². The van der Waals surface area contributed by atoms with E-state index in [9.17, 15) is 9.59 Å². The summed E-state index contributed by atoms with van der Waals surface area (Å²) in [6.45, 7) is 0. The molecule has 19 heavy (non-hydrogen) atoms. The lowest BCUT2D eigenvalue weighted by Crippen LogP contribution is -2.10. The van der Waals surface area contributed by atoms with Crippen molar-refractivity contribution < 1.29 is 5.48 Å². The van der Waals surface area contributed by atoms with Gasteiger partial charge >= 0.3 is 0 Å². The minimum atomic E-state index is -0.118. The summed E-state index contributed by atoms with van der Waals surface area (Å²) in [6.07, 6.45) is 1.79. The molecule has 0 atom stereocenters. The van der Waals surface area contributed by atoms with Gasteiger partial charge in [0.15, 0.2) is 5.43 Å². The second kappa shape index (κ2) is 3.66. The van der Waals surface area contributed by atoms with Crippen molar-refractivity contribution in [2.45, 2.75) is 0 Å². The molecule has 0 spiro atoms. The van der Waals surface area contributed by atoms with Crippen molar-refractivity contribution in [2.75, 3.05) is 0 Å². The lowest BCUT2D eigenvalue weighted by molar-refractivity contribution is 0.824. The molecule has 0 amide bonds. The molecule has 0 aliphatic carbocycles. The summed E-state index contributed by atoms with van der Waals surface area (Å²) in [5.41, 5.74) is 2.13. The Kier molecular flexibility index (Phi) is 2.20. The van der Waals surface area contributed by atoms with Gasteiger partial charge in [0.2, 0.25) is 0 Å². The number of aromatic amines is 1. The van der Waals surface area contributed by atoms with Gasteiger partial charge < -0.3 is 10.5 Å². The molecule has 0 bridgehead atoms. The first-order valence-electron chi connectivity index (χ1n) is 5.64. The smallest absolute Gasteiger partial charge is 0.255 e. The van der Waals surface area contributed by atoms with E-state index in [1.807, 2.05) is 6.07 Å². The zero-order valence-electron chi connectivity index (χ0n) is 9.81. The first-order valence-corrected chi connectivity index (χ1v) is 5.64. The van der Waals surface area contributed by atoms with Crippen LogP contribution in [0.2, 0.25) is 0 Å². The second-order valence-corrected chi connectivity index (χ2v) is 4.31. The van der Waals surface area contributed by atoms with Crippen LogP contribution in [0.5, 0.6) is 0 Å². The number of nitrogens with zero attached hydrogens (tertiary/aromatic N) is 1. The third-order valence-corrected chi connectivity index (χ3v) is 3.35. The molecule has 0 saturated heterocycles. The summed E-state index contributed by atoms with van der Waals surface area (Å²) in [5, 5.41) is 1.43. The van der Waals surface area contributed by atoms with Crippen LogP contribution in [0, 0.1) is 0 Å². The van der Waals surface area contributed by atoms with E-state index in [4.69, 9.17) is 0 Å². The number of H-pyrrole nitrogens is 1. The fraction of sp³-hybridized carbons (Fsp3) is 0. The van der Waals surface area contributed by atoms with Crippen LogP contribution >= 0.6 is 0 Å². The van der Waals surface area contributed by atoms with Gasteiger partial charge in [-0.05, 0) is 24.3 Å². The summed E-state index contributed by atoms with van der Waals surface area (Å²) >= 11 is 0. The molecule has 0 fully saturated rings. The second-order valence-electron chi connectivity index (χ2n) is 4.31. The van der Waals surface area contributed by atoms with Crippen molar-refractivity contribution in [2.24, 2.45) is 0 Å². The fourth-order valence-electron chi connectivity index (χ4n) is 2.63. The topological polar surface area (TPSA) is 85.8 Å². The largest absolute Gasteiger partial charge is 0.412 e. The molecule has 0 unspecified atom stereocenters. The molecule has 3 aromatic heterocycles. The Morgan fingerprint density at radius 3 is 2.68 bits per heavy atom. The Balaban J connectivity index is 0.00000110. The Hall–Kier alpha value is -2.66. The average Bonchev–Trinajstić information content (AvgIpc) is 2.72. The molecule has 5 heteroatoms. The number of benzene rings is 1. The van der Waals surface area contributed by atoms with E-state index in [-0.39, 0.29) is 16.5 Å². The molecule has 3 N–H and O–H groups in total. The fourth-order valence-corrected chi connectivity index (χ4v) is 2.63. The molecule has 94 valence electrons. The van der Waals surface area contributed by atoms with Gasteiger partial charge in [-0.3, -0.25) is 14.0 Å². The maximum absolute atomic E-state index is 12.0. The number of nitrogens with one attached hydrogen (secondary N) is 1. The average molecular weight is 254 g/mol. The van der Waals surface area contributed by atoms with Gasteiger partial charge in [-0.25, -0.2) is 0 Å². The van der Waals surface area contributed by atoms with Crippen molar-refractivity contribution >= 4 is 27.3 Å². The van der Waals surface area contributed by atoms with Crippen LogP contribution in [-0.4, -0.2) is 14.9 Å². The Morgan fingerprint density at radius 2 is 1.84 bits per heavy atom. The van der Waals surface area contributed by atoms with Crippen LogP contribution in [0.1, 0.15) is 0 Å². The molecule has 3 heterocycles. The van der Waals surface area contributed by atoms with Crippen molar-refractivity contribution in [3.8, 4) is 0 Å². The Morgan fingerprint density at radius 1 is 1.00 bits per heavy atom. The number of aromatic nitrogens is 2. The molecule has 4 rings (SSSR count). The number of rotatable bonds is 0. The number of pyridine rings is 2. The summed E-state index contributed by atoms with van der Waals surface area (Å²) in [6, 6.07) is 10.1. The predicted octanol–water partition coefficient (Wildman–Crippen LogP) is 0.907. The van der Waals surface area contributed by atoms with Crippen LogP contribution in [-0.2, 0) is 0 Å². The summed E-state index contributed by atoms with van der Waals surface area (Å²) in [4.78, 5) is 27.1. The highest BCUT2D eigenvalue weighted by atomic mass is 16.1. The Bertz CT molecular complexity index is 1010.